The van der Waals surface area contributed by atoms with Crippen LogP contribution in [0.2, 0.25) is 0 Å². The molecular formula is C42H47F3N6O8. The van der Waals surface area contributed by atoms with Crippen molar-refractivity contribution in [2.75, 3.05) is 31.5 Å². The fraction of sp³-hybridized carbons (Fsp3) is 0.405. The Bertz CT molecular complexity index is 2490. The molecule has 1 saturated heterocycles. The molecule has 0 saturated carbocycles. The Morgan fingerprint density at radius 1 is 1.02 bits per heavy atom. The van der Waals surface area contributed by atoms with E-state index in [1.807, 2.05) is 13.8 Å². The number of esters is 2. The summed E-state index contributed by atoms with van der Waals surface area (Å²) in [5.41, 5.74) is -1.26. The van der Waals surface area contributed by atoms with Gasteiger partial charge in [0.1, 0.15) is 17.9 Å². The summed E-state index contributed by atoms with van der Waals surface area (Å²) in [6.45, 7) is 10.2. The molecule has 0 spiro atoms. The number of alkyl halides is 2. The lowest BCUT2D eigenvalue weighted by Gasteiger charge is -2.40. The van der Waals surface area contributed by atoms with Gasteiger partial charge in [-0.05, 0) is 69.2 Å². The largest absolute Gasteiger partial charge is 0.427 e. The molecule has 0 aliphatic carbocycles. The Balaban J connectivity index is 0.00000326. The molecule has 0 unspecified atom stereocenters. The lowest BCUT2D eigenvalue weighted by atomic mass is 9.98. The van der Waals surface area contributed by atoms with Gasteiger partial charge < -0.3 is 24.4 Å². The van der Waals surface area contributed by atoms with Crippen molar-refractivity contribution >= 4 is 45.3 Å². The minimum absolute atomic E-state index is 0.0649. The molecule has 17 heteroatoms. The third-order valence-corrected chi connectivity index (χ3v) is 9.71. The summed E-state index contributed by atoms with van der Waals surface area (Å²) >= 11 is 0. The van der Waals surface area contributed by atoms with Crippen molar-refractivity contribution in [1.29, 1.82) is 0 Å². The van der Waals surface area contributed by atoms with Crippen molar-refractivity contribution < 1.29 is 41.8 Å². The maximum atomic E-state index is 15.9. The summed E-state index contributed by atoms with van der Waals surface area (Å²) in [5.74, 6) is -6.89. The highest BCUT2D eigenvalue weighted by molar-refractivity contribution is 5.99. The van der Waals surface area contributed by atoms with Gasteiger partial charge in [0.25, 0.3) is 17.4 Å². The number of halogens is 3. The third-order valence-electron chi connectivity index (χ3n) is 9.71. The molecule has 4 heterocycles. The summed E-state index contributed by atoms with van der Waals surface area (Å²) in [4.78, 5) is 76.9. The van der Waals surface area contributed by atoms with Gasteiger partial charge in [-0.25, -0.2) is 27.3 Å². The first-order valence-corrected chi connectivity index (χ1v) is 19.0. The Hall–Kier alpha value is -6.10. The number of fused-ring (bicyclic) bond motifs is 2. The smallest absolute Gasteiger partial charge is 0.335 e. The number of nitrogens with one attached hydrogen (secondary N) is 1. The second-order valence-electron chi connectivity index (χ2n) is 14.9. The SMILES string of the molecule is CC.Cc1cc(N2CCOC[C@@H]2C(C)(F)F)cc(F)c1C(=O)N[C@@H](Cc1ccc(-n2c(=O)c3ccncc3n(C)c2=O)c2ncccc12)C(=O)OCOC(=O)C(C)(C)C. The van der Waals surface area contributed by atoms with Gasteiger partial charge in [-0.15, -0.1) is 0 Å². The zero-order chi connectivity index (χ0) is 43.4. The molecule has 3 aromatic heterocycles. The number of benzene rings is 2. The predicted octanol–water partition coefficient (Wildman–Crippen LogP) is 5.40. The van der Waals surface area contributed by atoms with Crippen LogP contribution >= 0.6 is 0 Å². The minimum atomic E-state index is -3.17. The van der Waals surface area contributed by atoms with Gasteiger partial charge in [0.2, 0.25) is 6.79 Å². The molecule has 1 aliphatic rings. The standard InChI is InChI=1S/C40H41F3N6O8.C2H6/c1-22-16-24(48-14-15-55-20-31(48)40(5,42)43)18-27(41)32(22)34(50)46-28(36(52)56-21-57-37(53)39(2,3)4)17-23-9-10-29(33-25(23)8-7-12-45-33)49-35(51)26-11-13-44-19-30(26)47(6)38(49)54;1-2/h7-13,16,18-19,28,31H,14-15,17,20-21H2,1-6H3,(H,46,50);1-2H3/t28-,31+;/m0./s1. The Morgan fingerprint density at radius 2 is 1.75 bits per heavy atom. The zero-order valence-corrected chi connectivity index (χ0v) is 34.1. The number of carbonyl (C=O) groups excluding carboxylic acids is 3. The number of nitrogens with zero attached hydrogens (tertiary/aromatic N) is 5. The number of anilines is 1. The second kappa shape index (κ2) is 17.8. The lowest BCUT2D eigenvalue weighted by molar-refractivity contribution is -0.174. The van der Waals surface area contributed by atoms with Crippen molar-refractivity contribution in [2.24, 2.45) is 12.5 Å². The van der Waals surface area contributed by atoms with Crippen LogP contribution in [0.1, 0.15) is 63.0 Å². The van der Waals surface area contributed by atoms with Crippen molar-refractivity contribution in [3.8, 4) is 5.69 Å². The first-order valence-electron chi connectivity index (χ1n) is 19.0. The van der Waals surface area contributed by atoms with Crippen LogP contribution in [0.25, 0.3) is 27.5 Å². The van der Waals surface area contributed by atoms with E-state index in [-0.39, 0.29) is 54.0 Å². The first-order chi connectivity index (χ1) is 27.9. The van der Waals surface area contributed by atoms with Gasteiger partial charge in [-0.1, -0.05) is 26.0 Å². The van der Waals surface area contributed by atoms with E-state index in [0.717, 1.165) is 17.6 Å². The Morgan fingerprint density at radius 3 is 2.42 bits per heavy atom. The number of amides is 1. The van der Waals surface area contributed by atoms with E-state index in [2.05, 4.69) is 15.3 Å². The lowest BCUT2D eigenvalue weighted by Crippen LogP contribution is -2.54. The highest BCUT2D eigenvalue weighted by Crippen LogP contribution is 2.32. The average Bonchev–Trinajstić information content (AvgIpc) is 3.20. The van der Waals surface area contributed by atoms with Crippen LogP contribution in [0.4, 0.5) is 18.9 Å². The normalized spacial score (nSPS) is 15.0. The van der Waals surface area contributed by atoms with Crippen LogP contribution in [0.5, 0.6) is 0 Å². The number of hydrogen-bond acceptors (Lipinski definition) is 11. The molecule has 2 aromatic carbocycles. The molecule has 2 atom stereocenters. The molecule has 1 N–H and O–H groups in total. The molecular weight excluding hydrogens is 773 g/mol. The zero-order valence-electron chi connectivity index (χ0n) is 34.1. The summed E-state index contributed by atoms with van der Waals surface area (Å²) < 4.78 is 62.7. The van der Waals surface area contributed by atoms with Crippen molar-refractivity contribution in [3.63, 3.8) is 0 Å². The number of hydrogen-bond donors (Lipinski definition) is 1. The fourth-order valence-electron chi connectivity index (χ4n) is 6.70. The van der Waals surface area contributed by atoms with Gasteiger partial charge in [-0.2, -0.15) is 0 Å². The van der Waals surface area contributed by atoms with Gasteiger partial charge in [0.05, 0.1) is 52.5 Å². The van der Waals surface area contributed by atoms with Crippen LogP contribution in [-0.2, 0) is 37.3 Å². The summed E-state index contributed by atoms with van der Waals surface area (Å²) in [6, 6.07) is 7.31. The van der Waals surface area contributed by atoms with Gasteiger partial charge in [0, 0.05) is 50.4 Å². The van der Waals surface area contributed by atoms with Crippen molar-refractivity contribution in [2.45, 2.75) is 72.9 Å². The van der Waals surface area contributed by atoms with Gasteiger partial charge in [0.15, 0.2) is 0 Å². The number of pyridine rings is 2. The van der Waals surface area contributed by atoms with Gasteiger partial charge >= 0.3 is 17.6 Å². The maximum absolute atomic E-state index is 15.9. The highest BCUT2D eigenvalue weighted by atomic mass is 19.3. The van der Waals surface area contributed by atoms with E-state index in [4.69, 9.17) is 14.2 Å². The number of aryl methyl sites for hydroxylation is 2. The molecule has 0 radical (unpaired) electrons. The molecule has 314 valence electrons. The Kier molecular flexibility index (Phi) is 13.3. The number of carbonyl (C=O) groups is 3. The summed E-state index contributed by atoms with van der Waals surface area (Å²) in [5, 5.41) is 3.18. The van der Waals surface area contributed by atoms with E-state index < -0.39 is 70.7 Å². The van der Waals surface area contributed by atoms with E-state index in [0.29, 0.717) is 16.5 Å². The molecule has 59 heavy (non-hydrogen) atoms. The first kappa shape index (κ1) is 44.0. The van der Waals surface area contributed by atoms with Crippen LogP contribution < -0.4 is 21.5 Å². The van der Waals surface area contributed by atoms with E-state index >= 15 is 4.39 Å². The number of ether oxygens (including phenoxy) is 3. The molecule has 1 fully saturated rings. The van der Waals surface area contributed by atoms with Crippen molar-refractivity contribution in [3.05, 3.63) is 104 Å². The predicted molar refractivity (Wildman–Crippen MR) is 214 cm³/mol. The quantitative estimate of drug-likeness (QED) is 0.142. The summed E-state index contributed by atoms with van der Waals surface area (Å²) in [7, 11) is 1.50. The van der Waals surface area contributed by atoms with E-state index in [1.165, 1.54) is 60.2 Å². The van der Waals surface area contributed by atoms with Crippen molar-refractivity contribution in [1.82, 2.24) is 24.4 Å². The second-order valence-corrected chi connectivity index (χ2v) is 14.9. The van der Waals surface area contributed by atoms with Gasteiger partial charge in [-0.3, -0.25) is 28.9 Å². The molecule has 1 amide bonds. The molecule has 0 bridgehead atoms. The number of aromatic nitrogens is 4. The monoisotopic (exact) mass is 820 g/mol. The van der Waals surface area contributed by atoms with E-state index in [1.54, 1.807) is 39.0 Å². The van der Waals surface area contributed by atoms with E-state index in [9.17, 15) is 32.8 Å². The topological polar surface area (TPSA) is 164 Å². The third kappa shape index (κ3) is 9.30. The minimum Gasteiger partial charge on any atom is -0.427 e. The molecule has 6 rings (SSSR count). The maximum Gasteiger partial charge on any atom is 0.335 e. The van der Waals surface area contributed by atoms with Crippen LogP contribution in [-0.4, -0.2) is 81.5 Å². The number of rotatable bonds is 10. The van der Waals surface area contributed by atoms with Crippen LogP contribution in [0.15, 0.2) is 70.6 Å². The average molecular weight is 821 g/mol. The number of morpholine rings is 1. The van der Waals surface area contributed by atoms with Crippen LogP contribution in [0.3, 0.4) is 0 Å². The fourth-order valence-corrected chi connectivity index (χ4v) is 6.70. The Labute approximate surface area is 337 Å². The molecule has 1 aliphatic heterocycles. The van der Waals surface area contributed by atoms with Crippen LogP contribution in [0, 0.1) is 18.2 Å². The molecule has 14 nitrogen and oxygen atoms in total. The highest BCUT2D eigenvalue weighted by Gasteiger charge is 2.41. The molecule has 5 aromatic rings. The summed E-state index contributed by atoms with van der Waals surface area (Å²) in [6.07, 6.45) is 4.04.